The van der Waals surface area contributed by atoms with Gasteiger partial charge in [0.1, 0.15) is 11.3 Å². The number of hydrogen-bond acceptors (Lipinski definition) is 1. The summed E-state index contributed by atoms with van der Waals surface area (Å²) in [5.74, 6) is 1.09. The van der Waals surface area contributed by atoms with Crippen LogP contribution in [0.25, 0.3) is 11.0 Å². The summed E-state index contributed by atoms with van der Waals surface area (Å²) in [6, 6.07) is 17.0. The maximum Gasteiger partial charge on any atom is 0.134 e. The molecule has 3 aromatic rings. The quantitative estimate of drug-likeness (QED) is 0.726. The van der Waals surface area contributed by atoms with E-state index in [0.717, 1.165) is 37.2 Å². The average Bonchev–Trinajstić information content (AvgIpc) is 2.85. The fourth-order valence-corrected chi connectivity index (χ4v) is 2.84. The molecular weight excluding hydrogens is 294 g/mol. The number of aryl methyl sites for hydroxylation is 1. The van der Waals surface area contributed by atoms with E-state index in [1.165, 1.54) is 22.1 Å². The molecule has 0 aliphatic carbocycles. The first-order chi connectivity index (χ1) is 10.3. The van der Waals surface area contributed by atoms with Crippen molar-refractivity contribution in [1.29, 1.82) is 0 Å². The molecule has 0 fully saturated rings. The second-order valence-corrected chi connectivity index (χ2v) is 5.45. The van der Waals surface area contributed by atoms with Crippen molar-refractivity contribution in [3.8, 4) is 0 Å². The lowest BCUT2D eigenvalue weighted by Crippen LogP contribution is -3.00. The summed E-state index contributed by atoms with van der Waals surface area (Å²) in [5, 5.41) is 1.27. The largest absolute Gasteiger partial charge is 1.00 e. The van der Waals surface area contributed by atoms with Crippen molar-refractivity contribution < 1.29 is 22.6 Å². The van der Waals surface area contributed by atoms with Crippen LogP contribution in [-0.4, -0.2) is 6.54 Å². The van der Waals surface area contributed by atoms with Crippen LogP contribution in [0.2, 0.25) is 0 Å². The van der Waals surface area contributed by atoms with Gasteiger partial charge in [-0.2, -0.15) is 0 Å². The molecule has 0 aliphatic rings. The number of furan rings is 1. The van der Waals surface area contributed by atoms with Gasteiger partial charge in [0.25, 0.3) is 0 Å². The van der Waals surface area contributed by atoms with Gasteiger partial charge in [-0.3, -0.25) is 0 Å². The van der Waals surface area contributed by atoms with Crippen molar-refractivity contribution in [1.82, 2.24) is 0 Å². The highest BCUT2D eigenvalue weighted by molar-refractivity contribution is 5.83. The van der Waals surface area contributed by atoms with Crippen molar-refractivity contribution in [3.05, 3.63) is 71.0 Å². The molecule has 0 unspecified atom stereocenters. The zero-order valence-corrected chi connectivity index (χ0v) is 13.7. The van der Waals surface area contributed by atoms with Crippen molar-refractivity contribution in [2.75, 3.05) is 6.54 Å². The predicted molar refractivity (Wildman–Crippen MR) is 86.3 cm³/mol. The molecule has 0 saturated heterocycles. The molecule has 3 N–H and O–H groups in total. The van der Waals surface area contributed by atoms with Gasteiger partial charge in [0.15, 0.2) is 0 Å². The van der Waals surface area contributed by atoms with Gasteiger partial charge in [0.2, 0.25) is 0 Å². The number of fused-ring (bicyclic) bond motifs is 1. The number of quaternary nitrogens is 1. The van der Waals surface area contributed by atoms with E-state index in [2.05, 4.69) is 55.1 Å². The molecule has 116 valence electrons. The topological polar surface area (TPSA) is 40.8 Å². The van der Waals surface area contributed by atoms with Crippen LogP contribution >= 0.6 is 0 Å². The van der Waals surface area contributed by atoms with Gasteiger partial charge in [-0.25, -0.2) is 0 Å². The monoisotopic (exact) mass is 315 g/mol. The number of halogens is 1. The van der Waals surface area contributed by atoms with Crippen molar-refractivity contribution >= 4 is 11.0 Å². The number of benzene rings is 2. The van der Waals surface area contributed by atoms with Gasteiger partial charge in [0.05, 0.1) is 6.54 Å². The molecule has 3 rings (SSSR count). The lowest BCUT2D eigenvalue weighted by Gasteiger charge is -2.02. The van der Waals surface area contributed by atoms with E-state index in [9.17, 15) is 0 Å². The summed E-state index contributed by atoms with van der Waals surface area (Å²) in [6.07, 6.45) is 2.88. The van der Waals surface area contributed by atoms with Crippen LogP contribution < -0.4 is 18.1 Å². The van der Waals surface area contributed by atoms with Crippen molar-refractivity contribution in [3.63, 3.8) is 0 Å². The highest BCUT2D eigenvalue weighted by atomic mass is 35.5. The first-order valence-electron chi connectivity index (χ1n) is 7.68. The van der Waals surface area contributed by atoms with Gasteiger partial charge in [-0.05, 0) is 29.7 Å². The first kappa shape index (κ1) is 16.6. The minimum Gasteiger partial charge on any atom is -1.00 e. The maximum absolute atomic E-state index is 6.13. The molecule has 1 aromatic heterocycles. The molecule has 0 radical (unpaired) electrons. The zero-order valence-electron chi connectivity index (χ0n) is 12.9. The second-order valence-electron chi connectivity index (χ2n) is 5.45. The van der Waals surface area contributed by atoms with Crippen LogP contribution in [0.1, 0.15) is 29.4 Å². The molecule has 2 aromatic carbocycles. The summed E-state index contributed by atoms with van der Waals surface area (Å²) in [5.41, 5.74) is 9.00. The predicted octanol–water partition coefficient (Wildman–Crippen LogP) is 0.374. The van der Waals surface area contributed by atoms with Crippen LogP contribution in [0, 0.1) is 0 Å². The Labute approximate surface area is 137 Å². The van der Waals surface area contributed by atoms with E-state index < -0.39 is 0 Å². The van der Waals surface area contributed by atoms with E-state index in [0.29, 0.717) is 0 Å². The minimum absolute atomic E-state index is 0. The molecule has 0 atom stereocenters. The van der Waals surface area contributed by atoms with Crippen LogP contribution in [0.4, 0.5) is 0 Å². The highest BCUT2D eigenvalue weighted by Gasteiger charge is 2.14. The summed E-state index contributed by atoms with van der Waals surface area (Å²) in [7, 11) is 0. The van der Waals surface area contributed by atoms with E-state index in [1.54, 1.807) is 0 Å². The molecule has 0 aliphatic heterocycles. The third-order valence-electron chi connectivity index (χ3n) is 3.98. The Morgan fingerprint density at radius 3 is 2.45 bits per heavy atom. The normalized spacial score (nSPS) is 10.6. The molecule has 0 bridgehead atoms. The van der Waals surface area contributed by atoms with Crippen LogP contribution in [0.15, 0.2) is 52.9 Å². The second kappa shape index (κ2) is 7.48. The smallest absolute Gasteiger partial charge is 0.134 e. The Morgan fingerprint density at radius 1 is 1.00 bits per heavy atom. The van der Waals surface area contributed by atoms with Crippen LogP contribution in [0.5, 0.6) is 0 Å². The Bertz CT molecular complexity index is 734. The summed E-state index contributed by atoms with van der Waals surface area (Å²) in [4.78, 5) is 0. The molecule has 1 heterocycles. The molecule has 22 heavy (non-hydrogen) atoms. The molecule has 0 amide bonds. The highest BCUT2D eigenvalue weighted by Crippen LogP contribution is 2.29. The Morgan fingerprint density at radius 2 is 1.77 bits per heavy atom. The fourth-order valence-electron chi connectivity index (χ4n) is 2.84. The van der Waals surface area contributed by atoms with Crippen LogP contribution in [0.3, 0.4) is 0 Å². The summed E-state index contributed by atoms with van der Waals surface area (Å²) >= 11 is 0. The van der Waals surface area contributed by atoms with Gasteiger partial charge >= 0.3 is 0 Å². The average molecular weight is 316 g/mol. The van der Waals surface area contributed by atoms with E-state index >= 15 is 0 Å². The third-order valence-corrected chi connectivity index (χ3v) is 3.98. The molecule has 0 saturated carbocycles. The van der Waals surface area contributed by atoms with Crippen molar-refractivity contribution in [2.24, 2.45) is 0 Å². The van der Waals surface area contributed by atoms with Gasteiger partial charge in [-0.1, -0.05) is 43.3 Å². The van der Waals surface area contributed by atoms with E-state index in [1.807, 2.05) is 6.07 Å². The fraction of sp³-hybridized carbons (Fsp3) is 0.263. The summed E-state index contributed by atoms with van der Waals surface area (Å²) in [6.45, 7) is 3.08. The Balaban J connectivity index is 0.00000176. The SMILES string of the molecule is CCc1ccc2oc(Cc3ccccc3)c(CC[NH3+])c2c1.[Cl-]. The van der Waals surface area contributed by atoms with Crippen LogP contribution in [-0.2, 0) is 19.3 Å². The minimum atomic E-state index is 0. The first-order valence-corrected chi connectivity index (χ1v) is 7.68. The molecule has 0 spiro atoms. The lowest BCUT2D eigenvalue weighted by molar-refractivity contribution is -0.366. The molecular formula is C19H22ClNO. The standard InChI is InChI=1S/C19H21NO.ClH/c1-2-14-8-9-18-17(12-14)16(10-11-20)19(21-18)13-15-6-4-3-5-7-15;/h3-9,12H,2,10-11,13,20H2,1H3;1H. The number of hydrogen-bond donors (Lipinski definition) is 1. The number of rotatable bonds is 5. The lowest BCUT2D eigenvalue weighted by atomic mass is 10.0. The van der Waals surface area contributed by atoms with Gasteiger partial charge in [-0.15, -0.1) is 0 Å². The maximum atomic E-state index is 6.13. The van der Waals surface area contributed by atoms with Gasteiger partial charge in [0, 0.05) is 23.8 Å². The Hall–Kier alpha value is -1.77. The zero-order chi connectivity index (χ0) is 14.7. The molecule has 3 heteroatoms. The van der Waals surface area contributed by atoms with E-state index in [4.69, 9.17) is 4.42 Å². The summed E-state index contributed by atoms with van der Waals surface area (Å²) < 4.78 is 6.13. The molecule has 2 nitrogen and oxygen atoms in total. The van der Waals surface area contributed by atoms with E-state index in [-0.39, 0.29) is 12.4 Å². The van der Waals surface area contributed by atoms with Gasteiger partial charge < -0.3 is 22.6 Å². The Kier molecular flexibility index (Phi) is 5.64. The third kappa shape index (κ3) is 3.34. The van der Waals surface area contributed by atoms with Crippen molar-refractivity contribution in [2.45, 2.75) is 26.2 Å².